The van der Waals surface area contributed by atoms with Gasteiger partial charge < -0.3 is 20.3 Å². The Bertz CT molecular complexity index is 1040. The maximum absolute atomic E-state index is 12.6. The number of amides is 3. The smallest absolute Gasteiger partial charge is 0.293 e. The van der Waals surface area contributed by atoms with Crippen LogP contribution in [0.5, 0.6) is 17.2 Å². The van der Waals surface area contributed by atoms with Gasteiger partial charge in [0.05, 0.1) is 12.0 Å². The monoisotopic (exact) mass is 442 g/mol. The average Bonchev–Trinajstić information content (AvgIpc) is 3.02. The molecule has 3 rings (SSSR count). The Balaban J connectivity index is 1.51. The molecule has 2 aromatic carbocycles. The van der Waals surface area contributed by atoms with Crippen molar-refractivity contribution in [2.45, 2.75) is 12.8 Å². The van der Waals surface area contributed by atoms with Gasteiger partial charge >= 0.3 is 0 Å². The van der Waals surface area contributed by atoms with Gasteiger partial charge in [-0.2, -0.15) is 0 Å². The summed E-state index contributed by atoms with van der Waals surface area (Å²) < 4.78 is 5.26. The summed E-state index contributed by atoms with van der Waals surface area (Å²) in [6.45, 7) is 0.304. The minimum Gasteiger partial charge on any atom is -0.504 e. The van der Waals surface area contributed by atoms with Gasteiger partial charge in [0.25, 0.3) is 11.1 Å². The molecule has 0 atom stereocenters. The van der Waals surface area contributed by atoms with Gasteiger partial charge in [-0.3, -0.25) is 19.3 Å². The molecular formula is C22H22N2O6S. The Hall–Kier alpha value is -3.46. The van der Waals surface area contributed by atoms with Crippen LogP contribution in [0.3, 0.4) is 0 Å². The van der Waals surface area contributed by atoms with E-state index in [-0.39, 0.29) is 35.3 Å². The first kappa shape index (κ1) is 22.2. The van der Waals surface area contributed by atoms with Crippen molar-refractivity contribution in [2.24, 2.45) is 0 Å². The topological polar surface area (TPSA) is 116 Å². The molecule has 3 N–H and O–H groups in total. The molecular weight excluding hydrogens is 420 g/mol. The Morgan fingerprint density at radius 3 is 2.68 bits per heavy atom. The predicted octanol–water partition coefficient (Wildman–Crippen LogP) is 2.89. The van der Waals surface area contributed by atoms with Gasteiger partial charge in [0.2, 0.25) is 5.91 Å². The van der Waals surface area contributed by atoms with Crippen LogP contribution in [0, 0.1) is 0 Å². The molecule has 162 valence electrons. The Morgan fingerprint density at radius 1 is 1.16 bits per heavy atom. The number of carbonyl (C=O) groups excluding carboxylic acids is 3. The lowest BCUT2D eigenvalue weighted by atomic mass is 10.1. The molecule has 0 spiro atoms. The first-order chi connectivity index (χ1) is 14.9. The van der Waals surface area contributed by atoms with E-state index in [9.17, 15) is 24.6 Å². The molecule has 0 bridgehead atoms. The number of phenols is 2. The summed E-state index contributed by atoms with van der Waals surface area (Å²) in [5.74, 6) is -0.561. The fourth-order valence-electron chi connectivity index (χ4n) is 2.99. The highest BCUT2D eigenvalue weighted by Crippen LogP contribution is 2.34. The van der Waals surface area contributed by atoms with E-state index in [1.165, 1.54) is 19.2 Å². The van der Waals surface area contributed by atoms with Gasteiger partial charge in [0, 0.05) is 25.1 Å². The maximum atomic E-state index is 12.6. The number of ether oxygens (including phenoxy) is 1. The average molecular weight is 442 g/mol. The Kier molecular flexibility index (Phi) is 7.19. The van der Waals surface area contributed by atoms with Crippen molar-refractivity contribution >= 4 is 34.9 Å². The molecule has 0 radical (unpaired) electrons. The molecule has 1 aliphatic heterocycles. The largest absolute Gasteiger partial charge is 0.504 e. The zero-order chi connectivity index (χ0) is 22.4. The molecule has 1 saturated heterocycles. The van der Waals surface area contributed by atoms with Crippen LogP contribution in [0.2, 0.25) is 0 Å². The summed E-state index contributed by atoms with van der Waals surface area (Å²) in [7, 11) is 1.53. The van der Waals surface area contributed by atoms with Crippen LogP contribution in [-0.2, 0) is 16.0 Å². The van der Waals surface area contributed by atoms with E-state index in [2.05, 4.69) is 5.32 Å². The van der Waals surface area contributed by atoms with Gasteiger partial charge in [-0.25, -0.2) is 0 Å². The van der Waals surface area contributed by atoms with Crippen molar-refractivity contribution in [1.29, 1.82) is 0 Å². The molecule has 1 heterocycles. The third-order valence-corrected chi connectivity index (χ3v) is 5.54. The van der Waals surface area contributed by atoms with E-state index in [1.807, 2.05) is 12.1 Å². The van der Waals surface area contributed by atoms with Gasteiger partial charge in [0.15, 0.2) is 11.5 Å². The minimum atomic E-state index is -0.437. The standard InChI is InChI=1S/C22H22N2O6S/c1-30-18-5-3-2-4-15(18)13-19-21(28)24(22(29)31-19)11-9-20(27)23-10-8-14-6-7-16(25)17(26)12-14/h2-7,12-13,25-26H,8-11H2,1H3,(H,23,27)/b19-13-. The molecule has 0 aliphatic carbocycles. The molecule has 1 fully saturated rings. The van der Waals surface area contributed by atoms with Crippen molar-refractivity contribution in [1.82, 2.24) is 10.2 Å². The molecule has 1 aliphatic rings. The second-order valence-corrected chi connectivity index (χ2v) is 7.74. The van der Waals surface area contributed by atoms with Gasteiger partial charge in [-0.1, -0.05) is 24.3 Å². The van der Waals surface area contributed by atoms with Crippen molar-refractivity contribution in [3.05, 3.63) is 58.5 Å². The molecule has 31 heavy (non-hydrogen) atoms. The highest BCUT2D eigenvalue weighted by atomic mass is 32.2. The number of imide groups is 1. The van der Waals surface area contributed by atoms with Crippen LogP contribution in [-0.4, -0.2) is 52.4 Å². The number of hydrogen-bond acceptors (Lipinski definition) is 7. The minimum absolute atomic E-state index is 0.0131. The van der Waals surface area contributed by atoms with Crippen LogP contribution >= 0.6 is 11.8 Å². The summed E-state index contributed by atoms with van der Waals surface area (Å²) in [6, 6.07) is 11.6. The lowest BCUT2D eigenvalue weighted by Crippen LogP contribution is -2.34. The number of methoxy groups -OCH3 is 1. The summed E-state index contributed by atoms with van der Waals surface area (Å²) in [5.41, 5.74) is 1.44. The predicted molar refractivity (Wildman–Crippen MR) is 117 cm³/mol. The fourth-order valence-corrected chi connectivity index (χ4v) is 3.85. The zero-order valence-electron chi connectivity index (χ0n) is 16.8. The van der Waals surface area contributed by atoms with Crippen LogP contribution in [0.1, 0.15) is 17.5 Å². The molecule has 3 amide bonds. The van der Waals surface area contributed by atoms with Crippen molar-refractivity contribution in [3.63, 3.8) is 0 Å². The van der Waals surface area contributed by atoms with Crippen LogP contribution < -0.4 is 10.1 Å². The van der Waals surface area contributed by atoms with E-state index in [0.29, 0.717) is 24.3 Å². The van der Waals surface area contributed by atoms with E-state index < -0.39 is 11.1 Å². The number of carbonyl (C=O) groups is 3. The number of benzene rings is 2. The summed E-state index contributed by atoms with van der Waals surface area (Å²) in [4.78, 5) is 38.3. The normalized spacial score (nSPS) is 14.9. The molecule has 8 nitrogen and oxygen atoms in total. The number of hydrogen-bond donors (Lipinski definition) is 3. The van der Waals surface area contributed by atoms with Crippen LogP contribution in [0.25, 0.3) is 6.08 Å². The summed E-state index contributed by atoms with van der Waals surface area (Å²) in [5, 5.41) is 21.1. The van der Waals surface area contributed by atoms with Gasteiger partial charge in [0.1, 0.15) is 5.75 Å². The number of rotatable bonds is 8. The molecule has 0 saturated carbocycles. The Labute approximate surface area is 183 Å². The zero-order valence-corrected chi connectivity index (χ0v) is 17.6. The van der Waals surface area contributed by atoms with E-state index in [4.69, 9.17) is 4.74 Å². The van der Waals surface area contributed by atoms with Crippen LogP contribution in [0.15, 0.2) is 47.4 Å². The highest BCUT2D eigenvalue weighted by Gasteiger charge is 2.35. The number of phenolic OH excluding ortho intramolecular Hbond substituents is 2. The fraction of sp³-hybridized carbons (Fsp3) is 0.227. The van der Waals surface area contributed by atoms with Crippen molar-refractivity contribution < 1.29 is 29.3 Å². The lowest BCUT2D eigenvalue weighted by Gasteiger charge is -2.12. The second kappa shape index (κ2) is 10.0. The number of para-hydroxylation sites is 1. The molecule has 9 heteroatoms. The quantitative estimate of drug-likeness (QED) is 0.425. The number of nitrogens with zero attached hydrogens (tertiary/aromatic N) is 1. The number of nitrogens with one attached hydrogen (secondary N) is 1. The molecule has 0 unspecified atom stereocenters. The van der Waals surface area contributed by atoms with E-state index in [1.54, 1.807) is 24.3 Å². The first-order valence-electron chi connectivity index (χ1n) is 9.55. The first-order valence-corrected chi connectivity index (χ1v) is 10.4. The summed E-state index contributed by atoms with van der Waals surface area (Å²) >= 11 is 0.832. The number of aromatic hydroxyl groups is 2. The lowest BCUT2D eigenvalue weighted by molar-refractivity contribution is -0.124. The van der Waals surface area contributed by atoms with Crippen molar-refractivity contribution in [2.75, 3.05) is 20.2 Å². The SMILES string of the molecule is COc1ccccc1/C=C1\SC(=O)N(CCC(=O)NCCc2ccc(O)c(O)c2)C1=O. The Morgan fingerprint density at radius 2 is 1.94 bits per heavy atom. The third-order valence-electron chi connectivity index (χ3n) is 4.64. The maximum Gasteiger partial charge on any atom is 0.293 e. The van der Waals surface area contributed by atoms with E-state index >= 15 is 0 Å². The van der Waals surface area contributed by atoms with Gasteiger partial charge in [-0.05, 0) is 48.0 Å². The molecule has 2 aromatic rings. The third kappa shape index (κ3) is 5.58. The van der Waals surface area contributed by atoms with Gasteiger partial charge in [-0.15, -0.1) is 0 Å². The second-order valence-electron chi connectivity index (χ2n) is 6.75. The summed E-state index contributed by atoms with van der Waals surface area (Å²) in [6.07, 6.45) is 2.06. The van der Waals surface area contributed by atoms with Crippen molar-refractivity contribution in [3.8, 4) is 17.2 Å². The number of thioether (sulfide) groups is 1. The molecule has 0 aromatic heterocycles. The highest BCUT2D eigenvalue weighted by molar-refractivity contribution is 8.18. The van der Waals surface area contributed by atoms with Crippen LogP contribution in [0.4, 0.5) is 4.79 Å². The van der Waals surface area contributed by atoms with E-state index in [0.717, 1.165) is 22.2 Å².